The Kier molecular flexibility index (Phi) is 5.15. The van der Waals surface area contributed by atoms with Gasteiger partial charge in [0.15, 0.2) is 19.7 Å². The molecule has 20 heavy (non-hydrogen) atoms. The van der Waals surface area contributed by atoms with Gasteiger partial charge in [-0.05, 0) is 25.1 Å². The first kappa shape index (κ1) is 16.9. The molecule has 0 saturated heterocycles. The average molecular weight is 323 g/mol. The van der Waals surface area contributed by atoms with Gasteiger partial charge in [0.05, 0.1) is 16.3 Å². The van der Waals surface area contributed by atoms with Crippen LogP contribution in [-0.2, 0) is 19.7 Å². The highest BCUT2D eigenvalue weighted by Crippen LogP contribution is 2.20. The average Bonchev–Trinajstić information content (AvgIpc) is 2.30. The largest absolute Gasteiger partial charge is 0.379 e. The van der Waals surface area contributed by atoms with Gasteiger partial charge in [-0.1, -0.05) is 6.92 Å². The zero-order chi connectivity index (χ0) is 15.6. The van der Waals surface area contributed by atoms with Crippen LogP contribution in [0.2, 0.25) is 0 Å². The van der Waals surface area contributed by atoms with Crippen molar-refractivity contribution in [2.75, 3.05) is 23.1 Å². The maximum atomic E-state index is 13.6. The third-order valence-electron chi connectivity index (χ3n) is 2.71. The molecule has 0 aromatic heterocycles. The molecule has 1 rings (SSSR count). The van der Waals surface area contributed by atoms with Gasteiger partial charge < -0.3 is 5.32 Å². The highest BCUT2D eigenvalue weighted by molar-refractivity contribution is 7.91. The van der Waals surface area contributed by atoms with E-state index >= 15 is 0 Å². The van der Waals surface area contributed by atoms with E-state index in [1.54, 1.807) is 6.92 Å². The fraction of sp³-hybridized carbons (Fsp3) is 0.500. The lowest BCUT2D eigenvalue weighted by Crippen LogP contribution is -2.27. The van der Waals surface area contributed by atoms with Crippen molar-refractivity contribution in [2.45, 2.75) is 24.8 Å². The van der Waals surface area contributed by atoms with Crippen molar-refractivity contribution < 1.29 is 21.2 Å². The molecular formula is C12H18FNO4S2. The zero-order valence-electron chi connectivity index (χ0n) is 11.6. The molecule has 0 spiro atoms. The molecule has 1 unspecified atom stereocenters. The molecule has 0 aliphatic carbocycles. The lowest BCUT2D eigenvalue weighted by atomic mass is 10.2. The van der Waals surface area contributed by atoms with E-state index in [9.17, 15) is 21.2 Å². The van der Waals surface area contributed by atoms with Gasteiger partial charge in [0, 0.05) is 18.1 Å². The Bertz CT molecular complexity index is 683. The van der Waals surface area contributed by atoms with Gasteiger partial charge in [-0.15, -0.1) is 0 Å². The number of hydrogen-bond donors (Lipinski definition) is 1. The first-order valence-corrected chi connectivity index (χ1v) is 9.73. The Morgan fingerprint density at radius 3 is 2.35 bits per heavy atom. The number of sulfone groups is 2. The van der Waals surface area contributed by atoms with Crippen molar-refractivity contribution >= 4 is 25.4 Å². The number of benzene rings is 1. The number of nitrogens with one attached hydrogen (secondary N) is 1. The van der Waals surface area contributed by atoms with E-state index in [1.807, 2.05) is 0 Å². The van der Waals surface area contributed by atoms with Gasteiger partial charge >= 0.3 is 0 Å². The summed E-state index contributed by atoms with van der Waals surface area (Å²) in [6.45, 7) is 3.13. The highest BCUT2D eigenvalue weighted by Gasteiger charge is 2.16. The zero-order valence-corrected chi connectivity index (χ0v) is 13.2. The molecule has 1 aromatic carbocycles. The Balaban J connectivity index is 2.98. The minimum Gasteiger partial charge on any atom is -0.379 e. The van der Waals surface area contributed by atoms with E-state index in [1.165, 1.54) is 19.1 Å². The van der Waals surface area contributed by atoms with E-state index in [-0.39, 0.29) is 22.1 Å². The van der Waals surface area contributed by atoms with Crippen LogP contribution in [0.4, 0.5) is 10.1 Å². The summed E-state index contributed by atoms with van der Waals surface area (Å²) in [4.78, 5) is -0.0213. The van der Waals surface area contributed by atoms with Gasteiger partial charge in [0.1, 0.15) is 5.82 Å². The normalized spacial score (nSPS) is 14.0. The third kappa shape index (κ3) is 4.75. The van der Waals surface area contributed by atoms with E-state index in [4.69, 9.17) is 0 Å². The third-order valence-corrected chi connectivity index (χ3v) is 5.71. The van der Waals surface area contributed by atoms with Crippen molar-refractivity contribution in [3.8, 4) is 0 Å². The minimum absolute atomic E-state index is 0.00484. The van der Waals surface area contributed by atoms with Crippen molar-refractivity contribution in [1.82, 2.24) is 0 Å². The maximum Gasteiger partial charge on any atom is 0.175 e. The summed E-state index contributed by atoms with van der Waals surface area (Å²) in [6.07, 6.45) is 1.02. The fourth-order valence-corrected chi connectivity index (χ4v) is 3.38. The molecule has 114 valence electrons. The lowest BCUT2D eigenvalue weighted by Gasteiger charge is -2.16. The summed E-state index contributed by atoms with van der Waals surface area (Å²) in [5.74, 6) is -0.769. The van der Waals surface area contributed by atoms with Crippen molar-refractivity contribution in [3.05, 3.63) is 24.0 Å². The summed E-state index contributed by atoms with van der Waals surface area (Å²) < 4.78 is 59.4. The van der Waals surface area contributed by atoms with Crippen LogP contribution in [0.3, 0.4) is 0 Å². The number of halogens is 1. The van der Waals surface area contributed by atoms with Crippen LogP contribution >= 0.6 is 0 Å². The van der Waals surface area contributed by atoms with E-state index in [0.29, 0.717) is 0 Å². The molecule has 1 atom stereocenters. The molecule has 0 aliphatic heterocycles. The molecular weight excluding hydrogens is 305 g/mol. The van der Waals surface area contributed by atoms with E-state index in [0.717, 1.165) is 12.3 Å². The summed E-state index contributed by atoms with van der Waals surface area (Å²) in [6, 6.07) is 2.85. The quantitative estimate of drug-likeness (QED) is 0.802. The van der Waals surface area contributed by atoms with Crippen LogP contribution in [0.5, 0.6) is 0 Å². The van der Waals surface area contributed by atoms with Crippen LogP contribution < -0.4 is 5.32 Å². The second-order valence-corrected chi connectivity index (χ2v) is 9.07. The van der Waals surface area contributed by atoms with Crippen molar-refractivity contribution in [3.63, 3.8) is 0 Å². The fourth-order valence-electron chi connectivity index (χ4n) is 1.65. The predicted octanol–water partition coefficient (Wildman–Crippen LogP) is 1.46. The van der Waals surface area contributed by atoms with E-state index < -0.39 is 31.5 Å². The molecule has 0 saturated carbocycles. The van der Waals surface area contributed by atoms with Crippen LogP contribution in [-0.4, -0.2) is 40.6 Å². The van der Waals surface area contributed by atoms with Crippen molar-refractivity contribution in [2.24, 2.45) is 0 Å². The first-order chi connectivity index (χ1) is 9.05. The van der Waals surface area contributed by atoms with Crippen LogP contribution in [0, 0.1) is 5.82 Å². The molecule has 0 bridgehead atoms. The SMILES string of the molecule is CCS(=O)(=O)CC(C)Nc1cc(S(C)(=O)=O)ccc1F. The Morgan fingerprint density at radius 1 is 1.25 bits per heavy atom. The summed E-state index contributed by atoms with van der Waals surface area (Å²) >= 11 is 0. The number of hydrogen-bond acceptors (Lipinski definition) is 5. The highest BCUT2D eigenvalue weighted by atomic mass is 32.2. The van der Waals surface area contributed by atoms with E-state index in [2.05, 4.69) is 5.32 Å². The van der Waals surface area contributed by atoms with Crippen LogP contribution in [0.25, 0.3) is 0 Å². The first-order valence-electron chi connectivity index (χ1n) is 6.01. The topological polar surface area (TPSA) is 80.3 Å². The summed E-state index contributed by atoms with van der Waals surface area (Å²) in [5.41, 5.74) is -0.0215. The Labute approximate surface area is 119 Å². The second-order valence-electron chi connectivity index (χ2n) is 4.66. The molecule has 1 N–H and O–H groups in total. The Morgan fingerprint density at radius 2 is 1.85 bits per heavy atom. The minimum atomic E-state index is -3.44. The van der Waals surface area contributed by atoms with Crippen LogP contribution in [0.1, 0.15) is 13.8 Å². The standard InChI is InChI=1S/C12H18FNO4S2/c1-4-20(17,18)8-9(2)14-12-7-10(19(3,15)16)5-6-11(12)13/h5-7,9,14H,4,8H2,1-3H3. The summed E-state index contributed by atoms with van der Waals surface area (Å²) in [5, 5.41) is 2.69. The maximum absolute atomic E-state index is 13.6. The Hall–Kier alpha value is -1.15. The second kappa shape index (κ2) is 6.09. The summed E-state index contributed by atoms with van der Waals surface area (Å²) in [7, 11) is -6.64. The smallest absolute Gasteiger partial charge is 0.175 e. The van der Waals surface area contributed by atoms with Gasteiger partial charge in [-0.2, -0.15) is 0 Å². The van der Waals surface area contributed by atoms with Gasteiger partial charge in [0.2, 0.25) is 0 Å². The molecule has 8 heteroatoms. The molecule has 0 radical (unpaired) electrons. The van der Waals surface area contributed by atoms with Crippen molar-refractivity contribution in [1.29, 1.82) is 0 Å². The van der Waals surface area contributed by atoms with Gasteiger partial charge in [0.25, 0.3) is 0 Å². The molecule has 1 aromatic rings. The lowest BCUT2D eigenvalue weighted by molar-refractivity contribution is 0.590. The molecule has 0 heterocycles. The number of rotatable bonds is 6. The van der Waals surface area contributed by atoms with Gasteiger partial charge in [-0.3, -0.25) is 0 Å². The molecule has 5 nitrogen and oxygen atoms in total. The molecule has 0 aliphatic rings. The van der Waals surface area contributed by atoms with Crippen LogP contribution in [0.15, 0.2) is 23.1 Å². The molecule has 0 fully saturated rings. The molecule has 0 amide bonds. The van der Waals surface area contributed by atoms with Gasteiger partial charge in [-0.25, -0.2) is 21.2 Å². The number of anilines is 1. The predicted molar refractivity (Wildman–Crippen MR) is 76.9 cm³/mol. The monoisotopic (exact) mass is 323 g/mol.